The van der Waals surface area contributed by atoms with Gasteiger partial charge in [-0.25, -0.2) is 9.37 Å². The van der Waals surface area contributed by atoms with Gasteiger partial charge in [0.1, 0.15) is 5.82 Å². The molecule has 5 heteroatoms. The summed E-state index contributed by atoms with van der Waals surface area (Å²) < 4.78 is 15.1. The Hall–Kier alpha value is -2.14. The van der Waals surface area contributed by atoms with E-state index < -0.39 is 0 Å². The van der Waals surface area contributed by atoms with Crippen LogP contribution in [0.15, 0.2) is 35.7 Å². The molecule has 1 aromatic carbocycles. The van der Waals surface area contributed by atoms with Crippen LogP contribution in [0.25, 0.3) is 16.9 Å². The zero-order chi connectivity index (χ0) is 14.3. The van der Waals surface area contributed by atoms with E-state index in [1.165, 1.54) is 23.5 Å². The summed E-state index contributed by atoms with van der Waals surface area (Å²) >= 11 is 1.43. The predicted molar refractivity (Wildman–Crippen MR) is 80.7 cm³/mol. The molecule has 0 radical (unpaired) electrons. The summed E-state index contributed by atoms with van der Waals surface area (Å²) in [4.78, 5) is 4.33. The monoisotopic (exact) mass is 287 g/mol. The number of aromatic nitrogens is 2. The molecule has 0 aliphatic rings. The van der Waals surface area contributed by atoms with Gasteiger partial charge in [-0.1, -0.05) is 0 Å². The summed E-state index contributed by atoms with van der Waals surface area (Å²) in [5.74, 6) is -0.233. The first-order valence-corrected chi connectivity index (χ1v) is 7.10. The van der Waals surface area contributed by atoms with Crippen molar-refractivity contribution in [3.05, 3.63) is 52.9 Å². The zero-order valence-corrected chi connectivity index (χ0v) is 12.0. The number of thiazole rings is 1. The molecule has 2 aromatic heterocycles. The molecule has 0 saturated carbocycles. The van der Waals surface area contributed by atoms with Gasteiger partial charge >= 0.3 is 0 Å². The Bertz CT molecular complexity index is 756. The molecule has 3 rings (SSSR count). The SMILES string of the molecule is Cc1cc(-c2csc(N)n2)c(C)n1-c1ccc(F)cc1. The van der Waals surface area contributed by atoms with Crippen LogP contribution >= 0.6 is 11.3 Å². The van der Waals surface area contributed by atoms with Crippen molar-refractivity contribution in [2.45, 2.75) is 13.8 Å². The first-order chi connectivity index (χ1) is 9.56. The number of aryl methyl sites for hydroxylation is 1. The van der Waals surface area contributed by atoms with Crippen molar-refractivity contribution in [3.8, 4) is 16.9 Å². The highest BCUT2D eigenvalue weighted by molar-refractivity contribution is 7.13. The van der Waals surface area contributed by atoms with Crippen LogP contribution in [-0.4, -0.2) is 9.55 Å². The van der Waals surface area contributed by atoms with Crippen molar-refractivity contribution in [1.29, 1.82) is 0 Å². The number of hydrogen-bond acceptors (Lipinski definition) is 3. The average molecular weight is 287 g/mol. The number of hydrogen-bond donors (Lipinski definition) is 1. The molecule has 3 aromatic rings. The van der Waals surface area contributed by atoms with Gasteiger partial charge in [-0.05, 0) is 44.2 Å². The lowest BCUT2D eigenvalue weighted by Gasteiger charge is -2.09. The van der Waals surface area contributed by atoms with E-state index >= 15 is 0 Å². The van der Waals surface area contributed by atoms with E-state index in [-0.39, 0.29) is 5.82 Å². The standard InChI is InChI=1S/C15H14FN3S/c1-9-7-13(14-8-20-15(17)18-14)10(2)19(9)12-5-3-11(16)4-6-12/h3-8H,1-2H3,(H2,17,18). The van der Waals surface area contributed by atoms with Crippen molar-refractivity contribution in [2.24, 2.45) is 0 Å². The van der Waals surface area contributed by atoms with Crippen LogP contribution in [0.4, 0.5) is 9.52 Å². The lowest BCUT2D eigenvalue weighted by molar-refractivity contribution is 0.627. The Kier molecular flexibility index (Phi) is 3.06. The molecule has 0 aliphatic heterocycles. The van der Waals surface area contributed by atoms with Crippen LogP contribution in [0.5, 0.6) is 0 Å². The Balaban J connectivity index is 2.14. The summed E-state index contributed by atoms with van der Waals surface area (Å²) in [5.41, 5.74) is 10.7. The second-order valence-electron chi connectivity index (χ2n) is 4.67. The fourth-order valence-corrected chi connectivity index (χ4v) is 2.98. The lowest BCUT2D eigenvalue weighted by atomic mass is 10.2. The second kappa shape index (κ2) is 4.76. The third-order valence-corrected chi connectivity index (χ3v) is 3.99. The van der Waals surface area contributed by atoms with E-state index in [1.807, 2.05) is 19.2 Å². The van der Waals surface area contributed by atoms with Crippen molar-refractivity contribution < 1.29 is 4.39 Å². The second-order valence-corrected chi connectivity index (χ2v) is 5.56. The van der Waals surface area contributed by atoms with Gasteiger partial charge in [0.25, 0.3) is 0 Å². The van der Waals surface area contributed by atoms with Gasteiger partial charge < -0.3 is 10.3 Å². The minimum Gasteiger partial charge on any atom is -0.375 e. The van der Waals surface area contributed by atoms with Gasteiger partial charge in [0.2, 0.25) is 0 Å². The van der Waals surface area contributed by atoms with Crippen molar-refractivity contribution in [1.82, 2.24) is 9.55 Å². The quantitative estimate of drug-likeness (QED) is 0.776. The molecule has 20 heavy (non-hydrogen) atoms. The molecule has 0 unspecified atom stereocenters. The normalized spacial score (nSPS) is 10.9. The molecule has 3 nitrogen and oxygen atoms in total. The zero-order valence-electron chi connectivity index (χ0n) is 11.2. The van der Waals surface area contributed by atoms with E-state index in [4.69, 9.17) is 5.73 Å². The Morgan fingerprint density at radius 1 is 1.20 bits per heavy atom. The molecule has 0 spiro atoms. The minimum atomic E-state index is -0.233. The molecule has 0 amide bonds. The Labute approximate surface area is 120 Å². The highest BCUT2D eigenvalue weighted by atomic mass is 32.1. The van der Waals surface area contributed by atoms with Crippen LogP contribution in [0, 0.1) is 19.7 Å². The van der Waals surface area contributed by atoms with Gasteiger partial charge in [-0.2, -0.15) is 0 Å². The van der Waals surface area contributed by atoms with Crippen LogP contribution in [-0.2, 0) is 0 Å². The number of anilines is 1. The number of benzene rings is 1. The molecule has 2 N–H and O–H groups in total. The molecular formula is C15H14FN3S. The summed E-state index contributed by atoms with van der Waals surface area (Å²) in [6.45, 7) is 4.05. The molecule has 0 saturated heterocycles. The van der Waals surface area contributed by atoms with Gasteiger partial charge in [0.05, 0.1) is 5.69 Å². The fourth-order valence-electron chi connectivity index (χ4n) is 2.42. The van der Waals surface area contributed by atoms with Gasteiger partial charge in [-0.3, -0.25) is 0 Å². The number of rotatable bonds is 2. The van der Waals surface area contributed by atoms with E-state index in [9.17, 15) is 4.39 Å². The smallest absolute Gasteiger partial charge is 0.180 e. The Morgan fingerprint density at radius 2 is 1.90 bits per heavy atom. The van der Waals surface area contributed by atoms with Gasteiger partial charge in [-0.15, -0.1) is 11.3 Å². The van der Waals surface area contributed by atoms with Crippen LogP contribution < -0.4 is 5.73 Å². The maximum atomic E-state index is 13.0. The average Bonchev–Trinajstić information content (AvgIpc) is 2.95. The summed E-state index contributed by atoms with van der Waals surface area (Å²) in [6, 6.07) is 8.56. The molecule has 102 valence electrons. The molecule has 0 fully saturated rings. The van der Waals surface area contributed by atoms with E-state index in [0.717, 1.165) is 28.3 Å². The maximum Gasteiger partial charge on any atom is 0.180 e. The van der Waals surface area contributed by atoms with Crippen molar-refractivity contribution >= 4 is 16.5 Å². The topological polar surface area (TPSA) is 43.8 Å². The van der Waals surface area contributed by atoms with Crippen molar-refractivity contribution in [2.75, 3.05) is 5.73 Å². The minimum absolute atomic E-state index is 0.233. The largest absolute Gasteiger partial charge is 0.375 e. The number of halogens is 1. The predicted octanol–water partition coefficient (Wildman–Crippen LogP) is 3.94. The van der Waals surface area contributed by atoms with E-state index in [0.29, 0.717) is 5.13 Å². The van der Waals surface area contributed by atoms with Crippen molar-refractivity contribution in [3.63, 3.8) is 0 Å². The van der Waals surface area contributed by atoms with Crippen LogP contribution in [0.3, 0.4) is 0 Å². The van der Waals surface area contributed by atoms with Gasteiger partial charge in [0, 0.05) is 28.0 Å². The molecular weight excluding hydrogens is 273 g/mol. The summed E-state index contributed by atoms with van der Waals surface area (Å²) in [5, 5.41) is 2.51. The molecule has 2 heterocycles. The highest BCUT2D eigenvalue weighted by Crippen LogP contribution is 2.30. The number of nitrogen functional groups attached to an aromatic ring is 1. The maximum absolute atomic E-state index is 13.0. The molecule has 0 aliphatic carbocycles. The number of nitrogens with two attached hydrogens (primary N) is 1. The summed E-state index contributed by atoms with van der Waals surface area (Å²) in [7, 11) is 0. The van der Waals surface area contributed by atoms with Crippen LogP contribution in [0.1, 0.15) is 11.4 Å². The molecule has 0 atom stereocenters. The van der Waals surface area contributed by atoms with E-state index in [2.05, 4.69) is 15.6 Å². The highest BCUT2D eigenvalue weighted by Gasteiger charge is 2.14. The lowest BCUT2D eigenvalue weighted by Crippen LogP contribution is -1.99. The third-order valence-electron chi connectivity index (χ3n) is 3.31. The summed E-state index contributed by atoms with van der Waals surface area (Å²) in [6.07, 6.45) is 0. The first-order valence-electron chi connectivity index (χ1n) is 6.22. The van der Waals surface area contributed by atoms with Crippen LogP contribution in [0.2, 0.25) is 0 Å². The van der Waals surface area contributed by atoms with Gasteiger partial charge in [0.15, 0.2) is 5.13 Å². The third kappa shape index (κ3) is 2.10. The first kappa shape index (κ1) is 12.9. The number of nitrogens with zero attached hydrogens (tertiary/aromatic N) is 2. The Morgan fingerprint density at radius 3 is 2.50 bits per heavy atom. The molecule has 0 bridgehead atoms. The fraction of sp³-hybridized carbons (Fsp3) is 0.133. The van der Waals surface area contributed by atoms with E-state index in [1.54, 1.807) is 12.1 Å².